The van der Waals surface area contributed by atoms with Crippen LogP contribution < -0.4 is 0 Å². The minimum Gasteiger partial charge on any atom is -0.466 e. The van der Waals surface area contributed by atoms with Crippen molar-refractivity contribution < 1.29 is 32.7 Å². The van der Waals surface area contributed by atoms with E-state index in [0.717, 1.165) is 0 Å². The van der Waals surface area contributed by atoms with E-state index in [0.29, 0.717) is 32.3 Å². The summed E-state index contributed by atoms with van der Waals surface area (Å²) in [5.41, 5.74) is 0. The Labute approximate surface area is 144 Å². The summed E-state index contributed by atoms with van der Waals surface area (Å²) in [5, 5.41) is 0. The molecule has 0 aliphatic rings. The van der Waals surface area contributed by atoms with Crippen LogP contribution >= 0.6 is 7.60 Å². The highest BCUT2D eigenvalue weighted by Crippen LogP contribution is 2.50. The van der Waals surface area contributed by atoms with Crippen molar-refractivity contribution in [3.8, 4) is 0 Å². The fourth-order valence-electron chi connectivity index (χ4n) is 2.24. The predicted molar refractivity (Wildman–Crippen MR) is 90.9 cm³/mol. The van der Waals surface area contributed by atoms with E-state index in [1.165, 1.54) is 0 Å². The maximum absolute atomic E-state index is 12.6. The van der Waals surface area contributed by atoms with Crippen LogP contribution in [0.1, 0.15) is 53.4 Å². The molecule has 0 fully saturated rings. The number of unbranched alkanes of at least 4 members (excludes halogenated alkanes) is 1. The Balaban J connectivity index is 4.65. The summed E-state index contributed by atoms with van der Waals surface area (Å²) in [4.78, 5) is 23.4. The maximum atomic E-state index is 12.6. The zero-order valence-corrected chi connectivity index (χ0v) is 16.1. The minimum absolute atomic E-state index is 0.00702. The van der Waals surface area contributed by atoms with Gasteiger partial charge in [-0.1, -0.05) is 6.42 Å². The standard InChI is InChI=1S/C16H31O7P/c1-5-20-15(17)12-10-9-11-14(16(18)21-6-2)13-24(19,22-7-3)23-8-4/h14H,5-13H2,1-4H3. The second-order valence-corrected chi connectivity index (χ2v) is 7.23. The van der Waals surface area contributed by atoms with Crippen LogP contribution in [0.5, 0.6) is 0 Å². The highest BCUT2D eigenvalue weighted by molar-refractivity contribution is 7.53. The van der Waals surface area contributed by atoms with Crippen molar-refractivity contribution in [1.82, 2.24) is 0 Å². The molecule has 7 nitrogen and oxygen atoms in total. The largest absolute Gasteiger partial charge is 0.466 e. The lowest BCUT2D eigenvalue weighted by Gasteiger charge is -2.22. The van der Waals surface area contributed by atoms with Gasteiger partial charge in [0.1, 0.15) is 0 Å². The fourth-order valence-corrected chi connectivity index (χ4v) is 4.19. The van der Waals surface area contributed by atoms with Gasteiger partial charge in [-0.3, -0.25) is 14.2 Å². The Morgan fingerprint density at radius 2 is 1.46 bits per heavy atom. The molecule has 0 bridgehead atoms. The van der Waals surface area contributed by atoms with Crippen LogP contribution in [0, 0.1) is 5.92 Å². The number of hydrogen-bond acceptors (Lipinski definition) is 7. The quantitative estimate of drug-likeness (QED) is 0.264. The lowest BCUT2D eigenvalue weighted by atomic mass is 10.0. The van der Waals surface area contributed by atoms with E-state index in [1.54, 1.807) is 27.7 Å². The first kappa shape index (κ1) is 23.1. The maximum Gasteiger partial charge on any atom is 0.331 e. The second kappa shape index (κ2) is 13.4. The highest BCUT2D eigenvalue weighted by Gasteiger charge is 2.33. The van der Waals surface area contributed by atoms with Crippen LogP contribution in [0.4, 0.5) is 0 Å². The summed E-state index contributed by atoms with van der Waals surface area (Å²) < 4.78 is 33.1. The first-order valence-corrected chi connectivity index (χ1v) is 10.4. The monoisotopic (exact) mass is 366 g/mol. The molecule has 0 heterocycles. The van der Waals surface area contributed by atoms with Crippen molar-refractivity contribution in [3.05, 3.63) is 0 Å². The van der Waals surface area contributed by atoms with Gasteiger partial charge in [-0.25, -0.2) is 0 Å². The Bertz CT molecular complexity index is 401. The molecule has 8 heteroatoms. The average Bonchev–Trinajstić information content (AvgIpc) is 2.51. The molecule has 0 amide bonds. The van der Waals surface area contributed by atoms with Crippen LogP contribution in [0.3, 0.4) is 0 Å². The molecule has 24 heavy (non-hydrogen) atoms. The predicted octanol–water partition coefficient (Wildman–Crippen LogP) is 3.56. The average molecular weight is 366 g/mol. The van der Waals surface area contributed by atoms with Gasteiger partial charge in [-0.15, -0.1) is 0 Å². The molecule has 1 unspecified atom stereocenters. The number of hydrogen-bond donors (Lipinski definition) is 0. The van der Waals surface area contributed by atoms with E-state index < -0.39 is 19.5 Å². The molecule has 0 aliphatic heterocycles. The van der Waals surface area contributed by atoms with Gasteiger partial charge in [0.2, 0.25) is 0 Å². The Hall–Kier alpha value is -0.910. The molecular formula is C16H31O7P. The molecule has 0 saturated heterocycles. The van der Waals surface area contributed by atoms with Crippen molar-refractivity contribution in [3.63, 3.8) is 0 Å². The van der Waals surface area contributed by atoms with Gasteiger partial charge in [-0.05, 0) is 40.5 Å². The van der Waals surface area contributed by atoms with Gasteiger partial charge in [0, 0.05) is 6.42 Å². The highest BCUT2D eigenvalue weighted by atomic mass is 31.2. The topological polar surface area (TPSA) is 88.1 Å². The molecule has 0 aromatic heterocycles. The Morgan fingerprint density at radius 3 is 1.96 bits per heavy atom. The summed E-state index contributed by atoms with van der Waals surface area (Å²) in [7, 11) is -3.32. The SMILES string of the molecule is CCOC(=O)CCCCC(CP(=O)(OCC)OCC)C(=O)OCC. The number of carbonyl (C=O) groups excluding carboxylic acids is 2. The van der Waals surface area contributed by atoms with Gasteiger partial charge in [0.25, 0.3) is 0 Å². The minimum atomic E-state index is -3.32. The molecule has 0 aliphatic carbocycles. The first-order valence-electron chi connectivity index (χ1n) is 8.62. The van der Waals surface area contributed by atoms with Gasteiger partial charge in [-0.2, -0.15) is 0 Å². The normalized spacial score (nSPS) is 12.7. The summed E-state index contributed by atoms with van der Waals surface area (Å²) >= 11 is 0. The smallest absolute Gasteiger partial charge is 0.331 e. The third-order valence-corrected chi connectivity index (χ3v) is 5.40. The van der Waals surface area contributed by atoms with E-state index in [-0.39, 0.29) is 32.0 Å². The molecule has 142 valence electrons. The molecule has 0 radical (unpaired) electrons. The van der Waals surface area contributed by atoms with Gasteiger partial charge < -0.3 is 18.5 Å². The number of esters is 2. The van der Waals surface area contributed by atoms with Crippen LogP contribution in [-0.2, 0) is 32.7 Å². The lowest BCUT2D eigenvalue weighted by molar-refractivity contribution is -0.147. The molecule has 0 rings (SSSR count). The summed E-state index contributed by atoms with van der Waals surface area (Å²) in [6.07, 6.45) is 1.98. The molecule has 0 N–H and O–H groups in total. The van der Waals surface area contributed by atoms with E-state index in [2.05, 4.69) is 0 Å². The van der Waals surface area contributed by atoms with Crippen LogP contribution in [-0.4, -0.2) is 44.5 Å². The molecule has 0 spiro atoms. The molecule has 0 aromatic rings. The molecule has 1 atom stereocenters. The summed E-state index contributed by atoms with van der Waals surface area (Å²) in [5.74, 6) is -1.23. The number of carbonyl (C=O) groups is 2. The zero-order chi connectivity index (χ0) is 18.4. The van der Waals surface area contributed by atoms with Crippen LogP contribution in [0.15, 0.2) is 0 Å². The number of ether oxygens (including phenoxy) is 2. The third-order valence-electron chi connectivity index (χ3n) is 3.20. The second-order valence-electron chi connectivity index (χ2n) is 5.13. The third kappa shape index (κ3) is 10.1. The van der Waals surface area contributed by atoms with Gasteiger partial charge in [0.05, 0.1) is 38.5 Å². The number of rotatable bonds is 14. The first-order chi connectivity index (χ1) is 11.4. The van der Waals surface area contributed by atoms with Crippen molar-refractivity contribution >= 4 is 19.5 Å². The van der Waals surface area contributed by atoms with Crippen molar-refractivity contribution in [2.45, 2.75) is 53.4 Å². The van der Waals surface area contributed by atoms with E-state index in [9.17, 15) is 14.2 Å². The molecule has 0 aromatic carbocycles. The van der Waals surface area contributed by atoms with Gasteiger partial charge in [0.15, 0.2) is 0 Å². The van der Waals surface area contributed by atoms with Crippen molar-refractivity contribution in [1.29, 1.82) is 0 Å². The Morgan fingerprint density at radius 1 is 0.875 bits per heavy atom. The van der Waals surface area contributed by atoms with Crippen molar-refractivity contribution in [2.75, 3.05) is 32.6 Å². The van der Waals surface area contributed by atoms with Gasteiger partial charge >= 0.3 is 19.5 Å². The molecular weight excluding hydrogens is 335 g/mol. The lowest BCUT2D eigenvalue weighted by Crippen LogP contribution is -2.23. The zero-order valence-electron chi connectivity index (χ0n) is 15.2. The van der Waals surface area contributed by atoms with E-state index >= 15 is 0 Å². The van der Waals surface area contributed by atoms with Crippen LogP contribution in [0.2, 0.25) is 0 Å². The molecule has 0 saturated carbocycles. The van der Waals surface area contributed by atoms with E-state index in [4.69, 9.17) is 18.5 Å². The van der Waals surface area contributed by atoms with Crippen molar-refractivity contribution in [2.24, 2.45) is 5.92 Å². The van der Waals surface area contributed by atoms with Crippen LogP contribution in [0.25, 0.3) is 0 Å². The van der Waals surface area contributed by atoms with E-state index in [1.807, 2.05) is 0 Å². The summed E-state index contributed by atoms with van der Waals surface area (Å²) in [6, 6.07) is 0. The Kier molecular flexibility index (Phi) is 12.9. The summed E-state index contributed by atoms with van der Waals surface area (Å²) in [6.45, 7) is 8.04. The fraction of sp³-hybridized carbons (Fsp3) is 0.875.